The average molecular weight is 232 g/mol. The Morgan fingerprint density at radius 3 is 2.69 bits per heavy atom. The van der Waals surface area contributed by atoms with Gasteiger partial charge in [-0.05, 0) is 37.1 Å². The summed E-state index contributed by atoms with van der Waals surface area (Å²) in [5.41, 5.74) is 7.38. The van der Waals surface area contributed by atoms with Gasteiger partial charge in [0.15, 0.2) is 0 Å². The van der Waals surface area contributed by atoms with Crippen LogP contribution in [0.25, 0.3) is 0 Å². The molecule has 1 saturated carbocycles. The quantitative estimate of drug-likeness (QED) is 0.799. The number of benzene rings is 1. The molecule has 3 rings (SSSR count). The maximum absolute atomic E-state index is 5.62. The summed E-state index contributed by atoms with van der Waals surface area (Å²) in [5, 5.41) is 4.08. The molecule has 0 atom stereocenters. The largest absolute Gasteiger partial charge is 0.399 e. The molecule has 1 aromatic carbocycles. The Hall–Kier alpha value is -1.62. The molecule has 0 spiro atoms. The van der Waals surface area contributed by atoms with Crippen molar-refractivity contribution in [3.05, 3.63) is 30.1 Å². The number of hydrogen-bond acceptors (Lipinski definition) is 5. The highest BCUT2D eigenvalue weighted by atomic mass is 32.1. The molecule has 1 aromatic heterocycles. The van der Waals surface area contributed by atoms with Gasteiger partial charge >= 0.3 is 0 Å². The number of nitrogen functional groups attached to an aromatic ring is 1. The van der Waals surface area contributed by atoms with Crippen molar-refractivity contribution in [1.82, 2.24) is 9.36 Å². The highest BCUT2D eigenvalue weighted by Gasteiger charge is 2.27. The number of nitrogens with zero attached hydrogens (tertiary/aromatic N) is 2. The third kappa shape index (κ3) is 1.99. The van der Waals surface area contributed by atoms with E-state index < -0.39 is 0 Å². The normalized spacial score (nSPS) is 15.0. The average Bonchev–Trinajstić information content (AvgIpc) is 3.04. The summed E-state index contributed by atoms with van der Waals surface area (Å²) in [6, 6.07) is 7.61. The summed E-state index contributed by atoms with van der Waals surface area (Å²) < 4.78 is 4.34. The van der Waals surface area contributed by atoms with Gasteiger partial charge in [0.25, 0.3) is 0 Å². The van der Waals surface area contributed by atoms with Crippen LogP contribution in [0.4, 0.5) is 16.5 Å². The summed E-state index contributed by atoms with van der Waals surface area (Å²) in [4.78, 5) is 4.46. The van der Waals surface area contributed by atoms with Gasteiger partial charge in [-0.25, -0.2) is 4.98 Å². The standard InChI is InChI=1S/C11H12N4S/c12-8-3-5-9(6-4-8)13-11-14-10(15-16-11)7-1-2-7/h3-7H,1-2,12H2,(H,13,14,15). The van der Waals surface area contributed by atoms with Crippen molar-refractivity contribution in [2.24, 2.45) is 0 Å². The smallest absolute Gasteiger partial charge is 0.207 e. The van der Waals surface area contributed by atoms with Crippen molar-refractivity contribution in [3.8, 4) is 0 Å². The van der Waals surface area contributed by atoms with Crippen molar-refractivity contribution < 1.29 is 0 Å². The molecule has 0 aliphatic heterocycles. The number of rotatable bonds is 3. The Balaban J connectivity index is 1.75. The van der Waals surface area contributed by atoms with Crippen LogP contribution in [-0.4, -0.2) is 9.36 Å². The van der Waals surface area contributed by atoms with Gasteiger partial charge in [0.2, 0.25) is 5.13 Å². The summed E-state index contributed by atoms with van der Waals surface area (Å²) in [6.45, 7) is 0. The van der Waals surface area contributed by atoms with E-state index in [1.165, 1.54) is 24.4 Å². The van der Waals surface area contributed by atoms with Gasteiger partial charge in [0, 0.05) is 28.8 Å². The number of nitrogens with two attached hydrogens (primary N) is 1. The van der Waals surface area contributed by atoms with Crippen molar-refractivity contribution in [1.29, 1.82) is 0 Å². The fourth-order valence-electron chi connectivity index (χ4n) is 1.48. The molecular weight excluding hydrogens is 220 g/mol. The number of nitrogens with one attached hydrogen (secondary N) is 1. The summed E-state index contributed by atoms with van der Waals surface area (Å²) in [6.07, 6.45) is 2.47. The zero-order valence-electron chi connectivity index (χ0n) is 8.68. The third-order valence-electron chi connectivity index (χ3n) is 2.55. The molecule has 4 nitrogen and oxygen atoms in total. The minimum Gasteiger partial charge on any atom is -0.399 e. The first-order valence-electron chi connectivity index (χ1n) is 5.27. The van der Waals surface area contributed by atoms with Crippen LogP contribution >= 0.6 is 11.5 Å². The van der Waals surface area contributed by atoms with Crippen LogP contribution in [0, 0.1) is 0 Å². The first kappa shape index (κ1) is 9.59. The molecule has 1 heterocycles. The van der Waals surface area contributed by atoms with Gasteiger partial charge in [-0.15, -0.1) is 0 Å². The van der Waals surface area contributed by atoms with E-state index in [1.807, 2.05) is 24.3 Å². The lowest BCUT2D eigenvalue weighted by molar-refractivity contribution is 0.987. The van der Waals surface area contributed by atoms with Crippen LogP contribution in [0.15, 0.2) is 24.3 Å². The highest BCUT2D eigenvalue weighted by molar-refractivity contribution is 7.09. The fraction of sp³-hybridized carbons (Fsp3) is 0.273. The zero-order chi connectivity index (χ0) is 11.0. The molecule has 1 aliphatic carbocycles. The minimum absolute atomic E-state index is 0.609. The molecule has 0 amide bonds. The van der Waals surface area contributed by atoms with Crippen molar-refractivity contribution in [3.63, 3.8) is 0 Å². The van der Waals surface area contributed by atoms with E-state index in [0.29, 0.717) is 5.92 Å². The monoisotopic (exact) mass is 232 g/mol. The van der Waals surface area contributed by atoms with Gasteiger partial charge in [-0.2, -0.15) is 4.37 Å². The topological polar surface area (TPSA) is 63.8 Å². The molecule has 82 valence electrons. The van der Waals surface area contributed by atoms with E-state index in [0.717, 1.165) is 22.3 Å². The first-order valence-corrected chi connectivity index (χ1v) is 6.05. The van der Waals surface area contributed by atoms with Gasteiger partial charge in [0.1, 0.15) is 5.82 Å². The molecule has 2 aromatic rings. The van der Waals surface area contributed by atoms with Crippen LogP contribution in [0.1, 0.15) is 24.6 Å². The second kappa shape index (κ2) is 3.75. The lowest BCUT2D eigenvalue weighted by Gasteiger charge is -2.01. The minimum atomic E-state index is 0.609. The van der Waals surface area contributed by atoms with Gasteiger partial charge < -0.3 is 11.1 Å². The predicted octanol–water partition coefficient (Wildman–Crippen LogP) is 2.74. The van der Waals surface area contributed by atoms with Crippen LogP contribution in [-0.2, 0) is 0 Å². The fourth-order valence-corrected chi connectivity index (χ4v) is 2.15. The Labute approximate surface area is 97.7 Å². The molecule has 16 heavy (non-hydrogen) atoms. The van der Waals surface area contributed by atoms with Gasteiger partial charge in [-0.1, -0.05) is 0 Å². The second-order valence-corrected chi connectivity index (χ2v) is 4.73. The molecule has 3 N–H and O–H groups in total. The molecule has 0 bridgehead atoms. The van der Waals surface area contributed by atoms with E-state index >= 15 is 0 Å². The lowest BCUT2D eigenvalue weighted by Crippen LogP contribution is -1.91. The summed E-state index contributed by atoms with van der Waals surface area (Å²) >= 11 is 1.41. The summed E-state index contributed by atoms with van der Waals surface area (Å²) in [7, 11) is 0. The molecule has 0 unspecified atom stereocenters. The van der Waals surface area contributed by atoms with E-state index in [4.69, 9.17) is 5.73 Å². The molecular formula is C11H12N4S. The van der Waals surface area contributed by atoms with E-state index in [9.17, 15) is 0 Å². The SMILES string of the molecule is Nc1ccc(Nc2nc(C3CC3)ns2)cc1. The molecule has 1 fully saturated rings. The van der Waals surface area contributed by atoms with Crippen molar-refractivity contribution in [2.75, 3.05) is 11.1 Å². The Morgan fingerprint density at radius 1 is 1.25 bits per heavy atom. The zero-order valence-corrected chi connectivity index (χ0v) is 9.50. The van der Waals surface area contributed by atoms with E-state index in [-0.39, 0.29) is 0 Å². The first-order chi connectivity index (χ1) is 7.81. The molecule has 0 saturated heterocycles. The van der Waals surface area contributed by atoms with Crippen molar-refractivity contribution >= 4 is 28.0 Å². The van der Waals surface area contributed by atoms with Crippen LogP contribution < -0.4 is 11.1 Å². The van der Waals surface area contributed by atoms with Crippen LogP contribution in [0.2, 0.25) is 0 Å². The highest BCUT2D eigenvalue weighted by Crippen LogP contribution is 2.39. The summed E-state index contributed by atoms with van der Waals surface area (Å²) in [5.74, 6) is 1.60. The van der Waals surface area contributed by atoms with E-state index in [1.54, 1.807) is 0 Å². The maximum atomic E-state index is 5.62. The molecule has 1 aliphatic rings. The van der Waals surface area contributed by atoms with Gasteiger partial charge in [0.05, 0.1) is 0 Å². The second-order valence-electron chi connectivity index (χ2n) is 3.98. The number of aromatic nitrogens is 2. The predicted molar refractivity (Wildman–Crippen MR) is 66.0 cm³/mol. The molecule has 5 heteroatoms. The Morgan fingerprint density at radius 2 is 2.00 bits per heavy atom. The van der Waals surface area contributed by atoms with Gasteiger partial charge in [-0.3, -0.25) is 0 Å². The maximum Gasteiger partial charge on any atom is 0.207 e. The van der Waals surface area contributed by atoms with E-state index in [2.05, 4.69) is 14.7 Å². The van der Waals surface area contributed by atoms with Crippen LogP contribution in [0.3, 0.4) is 0 Å². The number of hydrogen-bond donors (Lipinski definition) is 2. The lowest BCUT2D eigenvalue weighted by atomic mass is 10.3. The Bertz CT molecular complexity index is 487. The van der Waals surface area contributed by atoms with Crippen LogP contribution in [0.5, 0.6) is 0 Å². The molecule has 0 radical (unpaired) electrons. The number of anilines is 3. The Kier molecular flexibility index (Phi) is 2.25. The van der Waals surface area contributed by atoms with Crippen molar-refractivity contribution in [2.45, 2.75) is 18.8 Å². The third-order valence-corrected chi connectivity index (χ3v) is 3.19.